The summed E-state index contributed by atoms with van der Waals surface area (Å²) >= 11 is 0. The molecule has 0 radical (unpaired) electrons. The first-order valence-corrected chi connectivity index (χ1v) is 20.9. The number of hydrogen-bond acceptors (Lipinski definition) is 6. The quantitative estimate of drug-likeness (QED) is 0.0277. The standard InChI is InChI=1S/C46H76O6/c1-4-7-10-13-16-18-20-21-22-23-24-25-27-28-30-33-36-39-45(48)51-42-43(41-50-44(47)38-35-32-15-12-9-6-3)52-46(49)40-37-34-31-29-26-19-17-14-11-8-5-2/h7,10,14,16-18,21-22,24-25,28,30,43H,4-6,8-9,11-13,15,19-20,23,26-27,29,31-42H2,1-3H3/b10-7-,17-14-,18-16-,22-21-,25-24-,30-28-. The molecular weight excluding hydrogens is 648 g/mol. The van der Waals surface area contributed by atoms with Crippen LogP contribution in [0.25, 0.3) is 0 Å². The minimum Gasteiger partial charge on any atom is -0.462 e. The van der Waals surface area contributed by atoms with Gasteiger partial charge in [-0.15, -0.1) is 0 Å². The summed E-state index contributed by atoms with van der Waals surface area (Å²) in [5, 5.41) is 0. The van der Waals surface area contributed by atoms with Crippen molar-refractivity contribution < 1.29 is 28.6 Å². The molecule has 0 fully saturated rings. The Morgan fingerprint density at radius 1 is 0.404 bits per heavy atom. The minimum absolute atomic E-state index is 0.0977. The predicted octanol–water partition coefficient (Wildman–Crippen LogP) is 13.1. The summed E-state index contributed by atoms with van der Waals surface area (Å²) in [5.41, 5.74) is 0. The highest BCUT2D eigenvalue weighted by atomic mass is 16.6. The molecule has 0 aromatic rings. The fourth-order valence-electron chi connectivity index (χ4n) is 5.28. The van der Waals surface area contributed by atoms with E-state index in [4.69, 9.17) is 14.2 Å². The van der Waals surface area contributed by atoms with E-state index in [0.717, 1.165) is 89.9 Å². The Hall–Kier alpha value is -3.15. The van der Waals surface area contributed by atoms with Gasteiger partial charge in [-0.3, -0.25) is 14.4 Å². The zero-order chi connectivity index (χ0) is 38.0. The first kappa shape index (κ1) is 48.9. The Balaban J connectivity index is 4.41. The molecule has 0 rings (SSSR count). The maximum Gasteiger partial charge on any atom is 0.306 e. The van der Waals surface area contributed by atoms with E-state index in [9.17, 15) is 14.4 Å². The van der Waals surface area contributed by atoms with Gasteiger partial charge in [-0.2, -0.15) is 0 Å². The molecule has 6 heteroatoms. The van der Waals surface area contributed by atoms with Crippen LogP contribution in [-0.4, -0.2) is 37.2 Å². The highest BCUT2D eigenvalue weighted by Crippen LogP contribution is 2.12. The fraction of sp³-hybridized carbons (Fsp3) is 0.674. The number of unbranched alkanes of at least 4 members (excludes halogenated alkanes) is 13. The van der Waals surface area contributed by atoms with Crippen molar-refractivity contribution in [2.75, 3.05) is 13.2 Å². The molecule has 0 aliphatic heterocycles. The van der Waals surface area contributed by atoms with Gasteiger partial charge < -0.3 is 14.2 Å². The first-order chi connectivity index (χ1) is 25.5. The van der Waals surface area contributed by atoms with Crippen LogP contribution in [0.2, 0.25) is 0 Å². The molecule has 1 unspecified atom stereocenters. The zero-order valence-electron chi connectivity index (χ0n) is 33.5. The summed E-state index contributed by atoms with van der Waals surface area (Å²) in [6, 6.07) is 0. The topological polar surface area (TPSA) is 78.9 Å². The van der Waals surface area contributed by atoms with Gasteiger partial charge in [-0.25, -0.2) is 0 Å². The summed E-state index contributed by atoms with van der Waals surface area (Å²) < 4.78 is 16.5. The molecule has 296 valence electrons. The van der Waals surface area contributed by atoms with Crippen LogP contribution in [0.4, 0.5) is 0 Å². The van der Waals surface area contributed by atoms with E-state index < -0.39 is 6.10 Å². The van der Waals surface area contributed by atoms with Crippen molar-refractivity contribution in [3.05, 3.63) is 72.9 Å². The molecular formula is C46H76O6. The van der Waals surface area contributed by atoms with Gasteiger partial charge in [0, 0.05) is 19.3 Å². The third kappa shape index (κ3) is 38.1. The molecule has 0 heterocycles. The predicted molar refractivity (Wildman–Crippen MR) is 219 cm³/mol. The van der Waals surface area contributed by atoms with Crippen molar-refractivity contribution in [2.45, 2.75) is 187 Å². The lowest BCUT2D eigenvalue weighted by molar-refractivity contribution is -0.167. The number of ether oxygens (including phenoxy) is 3. The van der Waals surface area contributed by atoms with E-state index in [0.29, 0.717) is 19.3 Å². The third-order valence-corrected chi connectivity index (χ3v) is 8.45. The van der Waals surface area contributed by atoms with Crippen LogP contribution in [-0.2, 0) is 28.6 Å². The van der Waals surface area contributed by atoms with E-state index in [1.807, 2.05) is 0 Å². The fourth-order valence-corrected chi connectivity index (χ4v) is 5.28. The van der Waals surface area contributed by atoms with E-state index in [1.165, 1.54) is 44.9 Å². The lowest BCUT2D eigenvalue weighted by Gasteiger charge is -2.18. The van der Waals surface area contributed by atoms with Crippen molar-refractivity contribution in [3.8, 4) is 0 Å². The Bertz CT molecular complexity index is 1020. The molecule has 0 aliphatic carbocycles. The van der Waals surface area contributed by atoms with Crippen molar-refractivity contribution >= 4 is 17.9 Å². The largest absolute Gasteiger partial charge is 0.462 e. The van der Waals surface area contributed by atoms with Crippen LogP contribution in [0.15, 0.2) is 72.9 Å². The molecule has 0 saturated heterocycles. The highest BCUT2D eigenvalue weighted by Gasteiger charge is 2.19. The summed E-state index contributed by atoms with van der Waals surface area (Å²) in [6.07, 6.45) is 49.1. The number of hydrogen-bond donors (Lipinski definition) is 0. The third-order valence-electron chi connectivity index (χ3n) is 8.45. The second-order valence-electron chi connectivity index (χ2n) is 13.5. The van der Waals surface area contributed by atoms with Gasteiger partial charge in [0.15, 0.2) is 6.10 Å². The first-order valence-electron chi connectivity index (χ1n) is 20.9. The maximum atomic E-state index is 12.6. The minimum atomic E-state index is -0.796. The molecule has 0 N–H and O–H groups in total. The molecule has 0 spiro atoms. The van der Waals surface area contributed by atoms with Crippen molar-refractivity contribution in [1.82, 2.24) is 0 Å². The van der Waals surface area contributed by atoms with Gasteiger partial charge in [-0.05, 0) is 77.0 Å². The van der Waals surface area contributed by atoms with Crippen molar-refractivity contribution in [3.63, 3.8) is 0 Å². The summed E-state index contributed by atoms with van der Waals surface area (Å²) in [5.74, 6) is -0.988. The molecule has 0 saturated carbocycles. The van der Waals surface area contributed by atoms with E-state index in [-0.39, 0.29) is 37.5 Å². The van der Waals surface area contributed by atoms with Gasteiger partial charge in [0.05, 0.1) is 0 Å². The lowest BCUT2D eigenvalue weighted by atomic mass is 10.1. The number of rotatable bonds is 36. The van der Waals surface area contributed by atoms with Crippen LogP contribution in [0.1, 0.15) is 181 Å². The van der Waals surface area contributed by atoms with Crippen LogP contribution in [0, 0.1) is 0 Å². The summed E-state index contributed by atoms with van der Waals surface area (Å²) in [6.45, 7) is 6.33. The number of carbonyl (C=O) groups excluding carboxylic acids is 3. The molecule has 0 aromatic heterocycles. The smallest absolute Gasteiger partial charge is 0.306 e. The number of carbonyl (C=O) groups is 3. The molecule has 0 aliphatic rings. The Morgan fingerprint density at radius 2 is 0.788 bits per heavy atom. The summed E-state index contributed by atoms with van der Waals surface area (Å²) in [7, 11) is 0. The van der Waals surface area contributed by atoms with Crippen LogP contribution in [0.5, 0.6) is 0 Å². The summed E-state index contributed by atoms with van der Waals surface area (Å²) in [4.78, 5) is 37.4. The molecule has 0 aromatic carbocycles. The van der Waals surface area contributed by atoms with Gasteiger partial charge in [0.1, 0.15) is 13.2 Å². The van der Waals surface area contributed by atoms with Crippen LogP contribution in [0.3, 0.4) is 0 Å². The molecule has 0 amide bonds. The highest BCUT2D eigenvalue weighted by molar-refractivity contribution is 5.71. The SMILES string of the molecule is CC/C=C\C/C=C\C/C=C\C/C=C\C/C=C\CCCC(=O)OCC(COC(=O)CCCCCCCC)OC(=O)CCCCCCC/C=C\CCCC. The average Bonchev–Trinajstić information content (AvgIpc) is 3.14. The maximum absolute atomic E-state index is 12.6. The van der Waals surface area contributed by atoms with Gasteiger partial charge in [0.25, 0.3) is 0 Å². The molecule has 0 bridgehead atoms. The molecule has 52 heavy (non-hydrogen) atoms. The zero-order valence-corrected chi connectivity index (χ0v) is 33.5. The van der Waals surface area contributed by atoms with Gasteiger partial charge in [-0.1, -0.05) is 158 Å². The van der Waals surface area contributed by atoms with Crippen molar-refractivity contribution in [2.24, 2.45) is 0 Å². The number of esters is 3. The van der Waals surface area contributed by atoms with Crippen LogP contribution < -0.4 is 0 Å². The molecule has 1 atom stereocenters. The normalized spacial score (nSPS) is 12.8. The number of allylic oxidation sites excluding steroid dienone is 12. The lowest BCUT2D eigenvalue weighted by Crippen LogP contribution is -2.30. The Labute approximate surface area is 319 Å². The monoisotopic (exact) mass is 725 g/mol. The van der Waals surface area contributed by atoms with Gasteiger partial charge >= 0.3 is 17.9 Å². The molecule has 6 nitrogen and oxygen atoms in total. The average molecular weight is 725 g/mol. The van der Waals surface area contributed by atoms with E-state index >= 15 is 0 Å². The van der Waals surface area contributed by atoms with Crippen LogP contribution >= 0.6 is 0 Å². The van der Waals surface area contributed by atoms with E-state index in [1.54, 1.807) is 0 Å². The Morgan fingerprint density at radius 3 is 1.33 bits per heavy atom. The Kier molecular flexibility index (Phi) is 38.2. The second-order valence-corrected chi connectivity index (χ2v) is 13.5. The van der Waals surface area contributed by atoms with E-state index in [2.05, 4.69) is 93.7 Å². The van der Waals surface area contributed by atoms with Gasteiger partial charge in [0.2, 0.25) is 0 Å². The second kappa shape index (κ2) is 40.6. The van der Waals surface area contributed by atoms with Crippen molar-refractivity contribution in [1.29, 1.82) is 0 Å².